The Kier molecular flexibility index (Phi) is 6.96. The summed E-state index contributed by atoms with van der Waals surface area (Å²) in [5.74, 6) is 0. The third-order valence-corrected chi connectivity index (χ3v) is 3.09. The van der Waals surface area contributed by atoms with Crippen LogP contribution in [0.3, 0.4) is 0 Å². The van der Waals surface area contributed by atoms with Crippen molar-refractivity contribution in [2.75, 3.05) is 52.9 Å². The molecule has 0 radical (unpaired) electrons. The number of nitrogens with one attached hydrogen (secondary N) is 1. The number of aliphatic hydroxyl groups excluding tert-OH is 1. The molecule has 0 amide bonds. The van der Waals surface area contributed by atoms with Crippen LogP contribution in [0.25, 0.3) is 0 Å². The van der Waals surface area contributed by atoms with Crippen molar-refractivity contribution in [1.29, 1.82) is 0 Å². The molecular formula is C12H27N3O. The average molecular weight is 229 g/mol. The SMILES string of the molecule is CCCCN(C)C[C@H](O)CN1CCNCC1. The fourth-order valence-electron chi connectivity index (χ4n) is 2.13. The molecule has 0 bridgehead atoms. The molecule has 96 valence electrons. The van der Waals surface area contributed by atoms with E-state index in [4.69, 9.17) is 0 Å². The average Bonchev–Trinajstić information content (AvgIpc) is 2.27. The molecule has 0 aromatic heterocycles. The molecule has 16 heavy (non-hydrogen) atoms. The first kappa shape index (κ1) is 13.9. The van der Waals surface area contributed by atoms with Gasteiger partial charge in [0.05, 0.1) is 6.10 Å². The van der Waals surface area contributed by atoms with Gasteiger partial charge in [0.15, 0.2) is 0 Å². The second-order valence-corrected chi connectivity index (χ2v) is 4.82. The summed E-state index contributed by atoms with van der Waals surface area (Å²) in [6, 6.07) is 0. The quantitative estimate of drug-likeness (QED) is 0.644. The number of hydrogen-bond donors (Lipinski definition) is 2. The fraction of sp³-hybridized carbons (Fsp3) is 1.00. The Hall–Kier alpha value is -0.160. The summed E-state index contributed by atoms with van der Waals surface area (Å²) >= 11 is 0. The number of nitrogens with zero attached hydrogens (tertiary/aromatic N) is 2. The minimum Gasteiger partial charge on any atom is -0.390 e. The van der Waals surface area contributed by atoms with Gasteiger partial charge in [0.1, 0.15) is 0 Å². The highest BCUT2D eigenvalue weighted by Crippen LogP contribution is 1.98. The molecule has 0 aliphatic carbocycles. The number of unbranched alkanes of at least 4 members (excludes halogenated alkanes) is 1. The molecule has 4 nitrogen and oxygen atoms in total. The van der Waals surface area contributed by atoms with Gasteiger partial charge in [0.25, 0.3) is 0 Å². The van der Waals surface area contributed by atoms with Crippen LogP contribution in [-0.4, -0.2) is 73.9 Å². The van der Waals surface area contributed by atoms with Crippen molar-refractivity contribution in [3.63, 3.8) is 0 Å². The maximum absolute atomic E-state index is 9.97. The van der Waals surface area contributed by atoms with E-state index < -0.39 is 0 Å². The van der Waals surface area contributed by atoms with E-state index in [1.54, 1.807) is 0 Å². The summed E-state index contributed by atoms with van der Waals surface area (Å²) < 4.78 is 0. The van der Waals surface area contributed by atoms with Gasteiger partial charge in [0.2, 0.25) is 0 Å². The van der Waals surface area contributed by atoms with Gasteiger partial charge in [-0.15, -0.1) is 0 Å². The maximum atomic E-state index is 9.97. The van der Waals surface area contributed by atoms with Gasteiger partial charge in [-0.1, -0.05) is 13.3 Å². The Morgan fingerprint density at radius 2 is 2.06 bits per heavy atom. The van der Waals surface area contributed by atoms with Crippen molar-refractivity contribution in [3.8, 4) is 0 Å². The van der Waals surface area contributed by atoms with E-state index in [0.717, 1.165) is 45.8 Å². The summed E-state index contributed by atoms with van der Waals surface area (Å²) in [5.41, 5.74) is 0. The van der Waals surface area contributed by atoms with Crippen LogP contribution in [0, 0.1) is 0 Å². The van der Waals surface area contributed by atoms with Crippen LogP contribution in [0.1, 0.15) is 19.8 Å². The molecule has 2 N–H and O–H groups in total. The number of likely N-dealkylation sites (N-methyl/N-ethyl adjacent to an activating group) is 1. The lowest BCUT2D eigenvalue weighted by Gasteiger charge is -2.30. The fourth-order valence-corrected chi connectivity index (χ4v) is 2.13. The first-order valence-corrected chi connectivity index (χ1v) is 6.52. The zero-order chi connectivity index (χ0) is 11.8. The number of piperazine rings is 1. The highest BCUT2D eigenvalue weighted by Gasteiger charge is 2.15. The molecule has 1 atom stereocenters. The van der Waals surface area contributed by atoms with E-state index in [9.17, 15) is 5.11 Å². The molecular weight excluding hydrogens is 202 g/mol. The summed E-state index contributed by atoms with van der Waals surface area (Å²) in [5, 5.41) is 13.3. The van der Waals surface area contributed by atoms with Crippen molar-refractivity contribution in [2.24, 2.45) is 0 Å². The number of aliphatic hydroxyl groups is 1. The lowest BCUT2D eigenvalue weighted by atomic mass is 10.2. The largest absolute Gasteiger partial charge is 0.390 e. The van der Waals surface area contributed by atoms with Gasteiger partial charge >= 0.3 is 0 Å². The van der Waals surface area contributed by atoms with Crippen LogP contribution in [0.4, 0.5) is 0 Å². The molecule has 1 fully saturated rings. The predicted molar refractivity (Wildman–Crippen MR) is 67.7 cm³/mol. The van der Waals surface area contributed by atoms with Crippen molar-refractivity contribution in [2.45, 2.75) is 25.9 Å². The minimum absolute atomic E-state index is 0.208. The summed E-state index contributed by atoms with van der Waals surface area (Å²) in [7, 11) is 2.09. The zero-order valence-corrected chi connectivity index (χ0v) is 10.8. The molecule has 1 aliphatic heterocycles. The van der Waals surface area contributed by atoms with Crippen LogP contribution in [0.15, 0.2) is 0 Å². The molecule has 4 heteroatoms. The molecule has 0 spiro atoms. The van der Waals surface area contributed by atoms with Gasteiger partial charge in [-0.2, -0.15) is 0 Å². The molecule has 1 heterocycles. The van der Waals surface area contributed by atoms with Gasteiger partial charge < -0.3 is 15.3 Å². The molecule has 0 unspecified atom stereocenters. The summed E-state index contributed by atoms with van der Waals surface area (Å²) in [6.45, 7) is 9.14. The lowest BCUT2D eigenvalue weighted by Crippen LogP contribution is -2.48. The summed E-state index contributed by atoms with van der Waals surface area (Å²) in [6.07, 6.45) is 2.23. The van der Waals surface area contributed by atoms with Crippen molar-refractivity contribution in [3.05, 3.63) is 0 Å². The minimum atomic E-state index is -0.208. The Bertz CT molecular complexity index is 172. The van der Waals surface area contributed by atoms with E-state index in [2.05, 4.69) is 29.1 Å². The van der Waals surface area contributed by atoms with Crippen molar-refractivity contribution < 1.29 is 5.11 Å². The second kappa shape index (κ2) is 8.01. The third-order valence-electron chi connectivity index (χ3n) is 3.09. The van der Waals surface area contributed by atoms with Gasteiger partial charge in [-0.3, -0.25) is 4.90 Å². The van der Waals surface area contributed by atoms with E-state index in [0.29, 0.717) is 0 Å². The van der Waals surface area contributed by atoms with E-state index in [1.165, 1.54) is 12.8 Å². The summed E-state index contributed by atoms with van der Waals surface area (Å²) in [4.78, 5) is 4.57. The number of β-amino-alcohol motifs (C(OH)–C–C–N with tert-alkyl or cyclic N) is 1. The molecule has 0 aromatic rings. The van der Waals surface area contributed by atoms with Crippen LogP contribution in [-0.2, 0) is 0 Å². The second-order valence-electron chi connectivity index (χ2n) is 4.82. The van der Waals surface area contributed by atoms with E-state index in [-0.39, 0.29) is 6.10 Å². The highest BCUT2D eigenvalue weighted by atomic mass is 16.3. The van der Waals surface area contributed by atoms with Crippen molar-refractivity contribution in [1.82, 2.24) is 15.1 Å². The predicted octanol–water partition coefficient (Wildman–Crippen LogP) is -0.0156. The number of hydrogen-bond acceptors (Lipinski definition) is 4. The lowest BCUT2D eigenvalue weighted by molar-refractivity contribution is 0.0767. The Morgan fingerprint density at radius 1 is 1.38 bits per heavy atom. The molecule has 0 saturated carbocycles. The monoisotopic (exact) mass is 229 g/mol. The molecule has 1 rings (SSSR count). The Balaban J connectivity index is 2.11. The standard InChI is InChI=1S/C12H27N3O/c1-3-4-7-14(2)10-12(16)11-15-8-5-13-6-9-15/h12-13,16H,3-11H2,1-2H3/t12-/m0/s1. The first-order valence-electron chi connectivity index (χ1n) is 6.52. The van der Waals surface area contributed by atoms with Crippen LogP contribution in [0.5, 0.6) is 0 Å². The normalized spacial score (nSPS) is 20.2. The van der Waals surface area contributed by atoms with Crippen LogP contribution < -0.4 is 5.32 Å². The smallest absolute Gasteiger partial charge is 0.0793 e. The highest BCUT2D eigenvalue weighted by molar-refractivity contribution is 4.72. The van der Waals surface area contributed by atoms with Gasteiger partial charge in [-0.25, -0.2) is 0 Å². The molecule has 1 aliphatic rings. The van der Waals surface area contributed by atoms with Gasteiger partial charge in [-0.05, 0) is 20.0 Å². The zero-order valence-electron chi connectivity index (χ0n) is 10.8. The Morgan fingerprint density at radius 3 is 2.69 bits per heavy atom. The van der Waals surface area contributed by atoms with Crippen LogP contribution in [0.2, 0.25) is 0 Å². The third kappa shape index (κ3) is 5.80. The van der Waals surface area contributed by atoms with E-state index >= 15 is 0 Å². The maximum Gasteiger partial charge on any atom is 0.0793 e. The topological polar surface area (TPSA) is 38.7 Å². The number of rotatable bonds is 7. The van der Waals surface area contributed by atoms with Crippen LogP contribution >= 0.6 is 0 Å². The van der Waals surface area contributed by atoms with E-state index in [1.807, 2.05) is 0 Å². The molecule has 1 saturated heterocycles. The Labute approximate surface area is 99.6 Å². The van der Waals surface area contributed by atoms with Crippen molar-refractivity contribution >= 4 is 0 Å². The van der Waals surface area contributed by atoms with Gasteiger partial charge in [0, 0.05) is 39.3 Å². The molecule has 0 aromatic carbocycles. The first-order chi connectivity index (χ1) is 7.72.